The lowest BCUT2D eigenvalue weighted by atomic mass is 10.1. The molecule has 0 unspecified atom stereocenters. The molecule has 0 atom stereocenters. The van der Waals surface area contributed by atoms with Crippen LogP contribution in [0.25, 0.3) is 11.4 Å². The Bertz CT molecular complexity index is 967. The molecule has 0 radical (unpaired) electrons. The molecule has 0 fully saturated rings. The third-order valence-electron chi connectivity index (χ3n) is 3.73. The standard InChI is InChI=1S/C18H17N5O2/c1-12-4-3-5-13(8-12)16(24)10-20-18-22-15(9-17(25)23(18)2)14-6-7-19-11-21-14/h3-9,11H,10H2,1-2H3,(H,20,22). The van der Waals surface area contributed by atoms with Crippen molar-refractivity contribution in [2.45, 2.75) is 6.92 Å². The molecule has 0 aliphatic heterocycles. The van der Waals surface area contributed by atoms with Gasteiger partial charge in [-0.3, -0.25) is 14.2 Å². The molecule has 0 aliphatic rings. The molecule has 0 saturated heterocycles. The van der Waals surface area contributed by atoms with Crippen molar-refractivity contribution >= 4 is 11.7 Å². The lowest BCUT2D eigenvalue weighted by Crippen LogP contribution is -2.24. The number of anilines is 1. The smallest absolute Gasteiger partial charge is 0.255 e. The molecule has 2 aromatic heterocycles. The van der Waals surface area contributed by atoms with Crippen LogP contribution in [0, 0.1) is 6.92 Å². The zero-order valence-electron chi connectivity index (χ0n) is 13.9. The fourth-order valence-electron chi connectivity index (χ4n) is 2.35. The van der Waals surface area contributed by atoms with Crippen LogP contribution >= 0.6 is 0 Å². The van der Waals surface area contributed by atoms with E-state index < -0.39 is 0 Å². The molecule has 7 nitrogen and oxygen atoms in total. The molecule has 126 valence electrons. The minimum atomic E-state index is -0.242. The molecule has 0 bridgehead atoms. The van der Waals surface area contributed by atoms with Crippen LogP contribution in [0.2, 0.25) is 0 Å². The third kappa shape index (κ3) is 3.77. The van der Waals surface area contributed by atoms with Gasteiger partial charge in [0.05, 0.1) is 17.9 Å². The Morgan fingerprint density at radius 2 is 2.04 bits per heavy atom. The second-order valence-electron chi connectivity index (χ2n) is 5.60. The predicted molar refractivity (Wildman–Crippen MR) is 94.5 cm³/mol. The summed E-state index contributed by atoms with van der Waals surface area (Å²) in [5, 5.41) is 2.94. The lowest BCUT2D eigenvalue weighted by molar-refractivity contribution is 0.101. The third-order valence-corrected chi connectivity index (χ3v) is 3.73. The first-order chi connectivity index (χ1) is 12.0. The largest absolute Gasteiger partial charge is 0.348 e. The first-order valence-corrected chi connectivity index (χ1v) is 7.73. The van der Waals surface area contributed by atoms with Gasteiger partial charge in [0.2, 0.25) is 5.95 Å². The number of aryl methyl sites for hydroxylation is 1. The van der Waals surface area contributed by atoms with Gasteiger partial charge in [0.25, 0.3) is 5.56 Å². The number of carbonyl (C=O) groups excluding carboxylic acids is 1. The van der Waals surface area contributed by atoms with Gasteiger partial charge in [-0.2, -0.15) is 0 Å². The molecular weight excluding hydrogens is 318 g/mol. The topological polar surface area (TPSA) is 89.8 Å². The van der Waals surface area contributed by atoms with Gasteiger partial charge in [-0.05, 0) is 19.1 Å². The molecule has 1 aromatic carbocycles. The van der Waals surface area contributed by atoms with Crippen molar-refractivity contribution in [1.29, 1.82) is 0 Å². The molecule has 0 saturated carbocycles. The first kappa shape index (κ1) is 16.5. The van der Waals surface area contributed by atoms with E-state index >= 15 is 0 Å². The number of benzene rings is 1. The Kier molecular flexibility index (Phi) is 4.65. The van der Waals surface area contributed by atoms with Crippen LogP contribution in [0.4, 0.5) is 5.95 Å². The number of Topliss-reactive ketones (excluding diaryl/α,β-unsaturated/α-hetero) is 1. The van der Waals surface area contributed by atoms with Crippen LogP contribution in [-0.2, 0) is 7.05 Å². The van der Waals surface area contributed by atoms with Crippen LogP contribution in [0.15, 0.2) is 53.7 Å². The van der Waals surface area contributed by atoms with Crippen LogP contribution in [0.1, 0.15) is 15.9 Å². The number of ketones is 1. The minimum Gasteiger partial charge on any atom is -0.348 e. The van der Waals surface area contributed by atoms with E-state index in [9.17, 15) is 9.59 Å². The monoisotopic (exact) mass is 335 g/mol. The van der Waals surface area contributed by atoms with Crippen LogP contribution < -0.4 is 10.9 Å². The fraction of sp³-hybridized carbons (Fsp3) is 0.167. The fourth-order valence-corrected chi connectivity index (χ4v) is 2.35. The van der Waals surface area contributed by atoms with Gasteiger partial charge < -0.3 is 5.32 Å². The highest BCUT2D eigenvalue weighted by Gasteiger charge is 2.11. The summed E-state index contributed by atoms with van der Waals surface area (Å²) >= 11 is 0. The molecule has 25 heavy (non-hydrogen) atoms. The number of hydrogen-bond donors (Lipinski definition) is 1. The summed E-state index contributed by atoms with van der Waals surface area (Å²) in [5.74, 6) is 0.229. The Labute approximate surface area is 144 Å². The Balaban J connectivity index is 1.84. The maximum atomic E-state index is 12.3. The number of hydrogen-bond acceptors (Lipinski definition) is 6. The van der Waals surface area contributed by atoms with Crippen molar-refractivity contribution in [3.63, 3.8) is 0 Å². The maximum absolute atomic E-state index is 12.3. The summed E-state index contributed by atoms with van der Waals surface area (Å²) in [5.41, 5.74) is 2.36. The number of carbonyl (C=O) groups is 1. The summed E-state index contributed by atoms with van der Waals surface area (Å²) in [4.78, 5) is 36.8. The van der Waals surface area contributed by atoms with Crippen LogP contribution in [-0.4, -0.2) is 31.8 Å². The quantitative estimate of drug-likeness (QED) is 0.716. The van der Waals surface area contributed by atoms with Crippen molar-refractivity contribution in [2.75, 3.05) is 11.9 Å². The van der Waals surface area contributed by atoms with E-state index in [1.54, 1.807) is 25.4 Å². The van der Waals surface area contributed by atoms with E-state index in [-0.39, 0.29) is 17.9 Å². The van der Waals surface area contributed by atoms with Gasteiger partial charge in [-0.15, -0.1) is 0 Å². The maximum Gasteiger partial charge on any atom is 0.255 e. The van der Waals surface area contributed by atoms with Crippen molar-refractivity contribution < 1.29 is 4.79 Å². The molecule has 3 aromatic rings. The number of nitrogens with zero attached hydrogens (tertiary/aromatic N) is 4. The summed E-state index contributed by atoms with van der Waals surface area (Å²) in [7, 11) is 1.60. The average Bonchev–Trinajstić information content (AvgIpc) is 2.63. The number of rotatable bonds is 5. The molecule has 1 N–H and O–H groups in total. The molecule has 0 amide bonds. The van der Waals surface area contributed by atoms with Gasteiger partial charge in [0.1, 0.15) is 6.33 Å². The summed E-state index contributed by atoms with van der Waals surface area (Å²) in [6, 6.07) is 10.4. The zero-order chi connectivity index (χ0) is 17.8. The van der Waals surface area contributed by atoms with Crippen LogP contribution in [0.3, 0.4) is 0 Å². The highest BCUT2D eigenvalue weighted by atomic mass is 16.1. The van der Waals surface area contributed by atoms with E-state index in [2.05, 4.69) is 20.3 Å². The van der Waals surface area contributed by atoms with E-state index in [4.69, 9.17) is 0 Å². The second-order valence-corrected chi connectivity index (χ2v) is 5.60. The normalized spacial score (nSPS) is 10.5. The van der Waals surface area contributed by atoms with Crippen molar-refractivity contribution in [3.8, 4) is 11.4 Å². The minimum absolute atomic E-state index is 0.0387. The molecule has 2 heterocycles. The van der Waals surface area contributed by atoms with E-state index in [1.807, 2.05) is 25.1 Å². The SMILES string of the molecule is Cc1cccc(C(=O)CNc2nc(-c3ccncn3)cc(=O)n2C)c1. The Morgan fingerprint density at radius 1 is 1.20 bits per heavy atom. The van der Waals surface area contributed by atoms with Gasteiger partial charge in [-0.25, -0.2) is 15.0 Å². The van der Waals surface area contributed by atoms with Crippen molar-refractivity contribution in [1.82, 2.24) is 19.5 Å². The molecule has 0 spiro atoms. The molecule has 3 rings (SSSR count). The molecule has 0 aliphatic carbocycles. The van der Waals surface area contributed by atoms with Crippen molar-refractivity contribution in [2.24, 2.45) is 7.05 Å². The second kappa shape index (κ2) is 7.04. The van der Waals surface area contributed by atoms with Gasteiger partial charge in [0.15, 0.2) is 5.78 Å². The predicted octanol–water partition coefficient (Wildman–Crippen LogP) is 1.84. The Morgan fingerprint density at radius 3 is 2.76 bits per heavy atom. The number of aromatic nitrogens is 4. The van der Waals surface area contributed by atoms with E-state index in [0.29, 0.717) is 22.9 Å². The highest BCUT2D eigenvalue weighted by Crippen LogP contribution is 2.13. The summed E-state index contributed by atoms with van der Waals surface area (Å²) in [6.45, 7) is 1.97. The van der Waals surface area contributed by atoms with Crippen LogP contribution in [0.5, 0.6) is 0 Å². The summed E-state index contributed by atoms with van der Waals surface area (Å²) < 4.78 is 1.36. The lowest BCUT2D eigenvalue weighted by Gasteiger charge is -2.11. The average molecular weight is 335 g/mol. The van der Waals surface area contributed by atoms with Gasteiger partial charge >= 0.3 is 0 Å². The molecule has 7 heteroatoms. The summed E-state index contributed by atoms with van der Waals surface area (Å²) in [6.07, 6.45) is 2.97. The number of nitrogens with one attached hydrogen (secondary N) is 1. The van der Waals surface area contributed by atoms with E-state index in [0.717, 1.165) is 5.56 Å². The van der Waals surface area contributed by atoms with Gasteiger partial charge in [0, 0.05) is 24.9 Å². The molecular formula is C18H17N5O2. The zero-order valence-corrected chi connectivity index (χ0v) is 13.9. The van der Waals surface area contributed by atoms with Gasteiger partial charge in [-0.1, -0.05) is 23.8 Å². The first-order valence-electron chi connectivity index (χ1n) is 7.73. The Hall–Kier alpha value is -3.35. The highest BCUT2D eigenvalue weighted by molar-refractivity contribution is 5.98. The van der Waals surface area contributed by atoms with E-state index in [1.165, 1.54) is 17.0 Å². The van der Waals surface area contributed by atoms with Crippen molar-refractivity contribution in [3.05, 3.63) is 70.4 Å².